The Morgan fingerprint density at radius 1 is 1.19 bits per heavy atom. The van der Waals surface area contributed by atoms with Crippen molar-refractivity contribution < 1.29 is 23.5 Å². The van der Waals surface area contributed by atoms with Gasteiger partial charge in [-0.2, -0.15) is 0 Å². The van der Waals surface area contributed by atoms with E-state index in [0.717, 1.165) is 5.56 Å². The zero-order valence-corrected chi connectivity index (χ0v) is 17.2. The van der Waals surface area contributed by atoms with Crippen molar-refractivity contribution in [3.63, 3.8) is 0 Å². The van der Waals surface area contributed by atoms with Crippen molar-refractivity contribution in [2.45, 2.75) is 57.7 Å². The van der Waals surface area contributed by atoms with E-state index in [2.05, 4.69) is 33.9 Å². The van der Waals surface area contributed by atoms with Gasteiger partial charge in [0.1, 0.15) is 6.10 Å². The minimum Gasteiger partial charge on any atom is -0.432 e. The lowest BCUT2D eigenvalue weighted by Gasteiger charge is -2.37. The second kappa shape index (κ2) is 8.29. The van der Waals surface area contributed by atoms with Gasteiger partial charge in [0.25, 0.3) is 0 Å². The van der Waals surface area contributed by atoms with Crippen LogP contribution in [0.5, 0.6) is 0 Å². The van der Waals surface area contributed by atoms with E-state index in [-0.39, 0.29) is 23.8 Å². The summed E-state index contributed by atoms with van der Waals surface area (Å²) >= 11 is 0. The van der Waals surface area contributed by atoms with E-state index >= 15 is 0 Å². The highest BCUT2D eigenvalue weighted by molar-refractivity contribution is 6.74. The number of benzene rings is 1. The molecule has 0 N–H and O–H groups in total. The first-order valence-corrected chi connectivity index (χ1v) is 11.7. The van der Waals surface area contributed by atoms with E-state index in [9.17, 15) is 9.59 Å². The Kier molecular flexibility index (Phi) is 6.55. The maximum Gasteiger partial charge on any atom is 0.312 e. The maximum absolute atomic E-state index is 12.1. The molecule has 5 nitrogen and oxygen atoms in total. The highest BCUT2D eigenvalue weighted by Crippen LogP contribution is 2.36. The third kappa shape index (κ3) is 5.62. The molecule has 0 fully saturated rings. The van der Waals surface area contributed by atoms with Gasteiger partial charge in [0, 0.05) is 0 Å². The molecular weight excluding hydrogens is 348 g/mol. The van der Waals surface area contributed by atoms with Crippen molar-refractivity contribution in [2.24, 2.45) is 0 Å². The van der Waals surface area contributed by atoms with Gasteiger partial charge in [0.15, 0.2) is 14.1 Å². The summed E-state index contributed by atoms with van der Waals surface area (Å²) < 4.78 is 17.0. The van der Waals surface area contributed by atoms with Gasteiger partial charge in [-0.15, -0.1) is 0 Å². The predicted octanol–water partition coefficient (Wildman–Crippen LogP) is 3.64. The molecule has 26 heavy (non-hydrogen) atoms. The summed E-state index contributed by atoms with van der Waals surface area (Å²) in [6, 6.07) is 9.34. The van der Waals surface area contributed by atoms with Crippen LogP contribution in [0.2, 0.25) is 18.1 Å². The van der Waals surface area contributed by atoms with E-state index < -0.39 is 26.7 Å². The molecule has 0 saturated heterocycles. The molecule has 1 aromatic carbocycles. The Bertz CT molecular complexity index is 661. The molecule has 0 spiro atoms. The first-order chi connectivity index (χ1) is 12.1. The summed E-state index contributed by atoms with van der Waals surface area (Å²) in [6.45, 7) is 10.8. The third-order valence-electron chi connectivity index (χ3n) is 4.87. The molecule has 0 aliphatic carbocycles. The summed E-state index contributed by atoms with van der Waals surface area (Å²) in [5, 5.41) is 0.0438. The smallest absolute Gasteiger partial charge is 0.312 e. The Balaban J connectivity index is 1.90. The van der Waals surface area contributed by atoms with E-state index in [1.807, 2.05) is 30.3 Å². The second-order valence-corrected chi connectivity index (χ2v) is 12.8. The van der Waals surface area contributed by atoms with Crippen LogP contribution in [0, 0.1) is 0 Å². The molecule has 6 heteroatoms. The van der Waals surface area contributed by atoms with Crippen molar-refractivity contribution >= 4 is 20.1 Å². The molecule has 2 atom stereocenters. The van der Waals surface area contributed by atoms with Crippen LogP contribution < -0.4 is 0 Å². The quantitative estimate of drug-likeness (QED) is 0.560. The topological polar surface area (TPSA) is 61.8 Å². The SMILES string of the molecule is CC(C)(C)[Si](C)(C)OC[C@H]1O[C@@H](OC(=O)Cc2ccccc2)C=CC1=O. The molecule has 1 aliphatic heterocycles. The Hall–Kier alpha value is -1.76. The van der Waals surface area contributed by atoms with Crippen molar-refractivity contribution in [1.82, 2.24) is 0 Å². The molecule has 0 bridgehead atoms. The number of hydrogen-bond acceptors (Lipinski definition) is 5. The average Bonchev–Trinajstić information content (AvgIpc) is 2.55. The zero-order chi connectivity index (χ0) is 19.4. The Morgan fingerprint density at radius 2 is 1.85 bits per heavy atom. The van der Waals surface area contributed by atoms with E-state index in [0.29, 0.717) is 0 Å². The summed E-state index contributed by atoms with van der Waals surface area (Å²) in [5.41, 5.74) is 0.867. The average molecular weight is 377 g/mol. The molecule has 1 heterocycles. The first-order valence-electron chi connectivity index (χ1n) is 8.83. The molecule has 0 amide bonds. The van der Waals surface area contributed by atoms with E-state index in [4.69, 9.17) is 13.9 Å². The molecule has 0 radical (unpaired) electrons. The van der Waals surface area contributed by atoms with Gasteiger partial charge in [-0.1, -0.05) is 51.1 Å². The minimum absolute atomic E-state index is 0.0438. The number of hydrogen-bond donors (Lipinski definition) is 0. The van der Waals surface area contributed by atoms with Crippen molar-refractivity contribution in [3.05, 3.63) is 48.0 Å². The highest BCUT2D eigenvalue weighted by atomic mass is 28.4. The minimum atomic E-state index is -1.99. The van der Waals surface area contributed by atoms with Crippen LogP contribution in [0.15, 0.2) is 42.5 Å². The normalized spacial score (nSPS) is 20.9. The summed E-state index contributed by atoms with van der Waals surface area (Å²) in [5.74, 6) is -0.566. The Morgan fingerprint density at radius 3 is 2.46 bits per heavy atom. The first kappa shape index (κ1) is 20.5. The number of esters is 1. The molecule has 0 unspecified atom stereocenters. The Labute approximate surface area is 156 Å². The monoisotopic (exact) mass is 376 g/mol. The number of carbonyl (C=O) groups is 2. The number of ether oxygens (including phenoxy) is 2. The molecule has 0 saturated carbocycles. The van der Waals surface area contributed by atoms with Crippen LogP contribution in [0.1, 0.15) is 26.3 Å². The predicted molar refractivity (Wildman–Crippen MR) is 102 cm³/mol. The van der Waals surface area contributed by atoms with Gasteiger partial charge < -0.3 is 13.9 Å². The molecule has 142 valence electrons. The number of rotatable bonds is 6. The molecule has 2 rings (SSSR count). The van der Waals surface area contributed by atoms with Gasteiger partial charge in [-0.05, 0) is 35.8 Å². The standard InChI is InChI=1S/C20H28O5Si/c1-20(2,3)26(4,5)23-14-17-16(21)11-12-19(24-17)25-18(22)13-15-9-7-6-8-10-15/h6-12,17,19H,13-14H2,1-5H3/t17-,19+/m1/s1. The van der Waals surface area contributed by atoms with Gasteiger partial charge in [0.2, 0.25) is 6.29 Å². The fraction of sp³-hybridized carbons (Fsp3) is 0.500. The van der Waals surface area contributed by atoms with Gasteiger partial charge in [0.05, 0.1) is 13.0 Å². The largest absolute Gasteiger partial charge is 0.432 e. The van der Waals surface area contributed by atoms with Crippen molar-refractivity contribution in [2.75, 3.05) is 6.61 Å². The lowest BCUT2D eigenvalue weighted by atomic mass is 10.1. The zero-order valence-electron chi connectivity index (χ0n) is 16.2. The molecular formula is C20H28O5Si. The van der Waals surface area contributed by atoms with Crippen LogP contribution in [0.4, 0.5) is 0 Å². The van der Waals surface area contributed by atoms with E-state index in [1.165, 1.54) is 12.2 Å². The van der Waals surface area contributed by atoms with Crippen molar-refractivity contribution in [3.8, 4) is 0 Å². The van der Waals surface area contributed by atoms with Gasteiger partial charge >= 0.3 is 5.97 Å². The molecule has 0 aromatic heterocycles. The molecule has 1 aliphatic rings. The highest BCUT2D eigenvalue weighted by Gasteiger charge is 2.39. The summed E-state index contributed by atoms with van der Waals surface area (Å²) in [7, 11) is -1.99. The molecule has 1 aromatic rings. The summed E-state index contributed by atoms with van der Waals surface area (Å²) in [6.07, 6.45) is 1.42. The third-order valence-corrected chi connectivity index (χ3v) is 9.37. The fourth-order valence-corrected chi connectivity index (χ4v) is 3.18. The summed E-state index contributed by atoms with van der Waals surface area (Å²) in [4.78, 5) is 24.1. The lowest BCUT2D eigenvalue weighted by molar-refractivity contribution is -0.184. The number of carbonyl (C=O) groups excluding carboxylic acids is 2. The lowest BCUT2D eigenvalue weighted by Crippen LogP contribution is -2.45. The van der Waals surface area contributed by atoms with Crippen LogP contribution in [0.3, 0.4) is 0 Å². The van der Waals surface area contributed by atoms with Crippen LogP contribution in [-0.4, -0.2) is 39.1 Å². The van der Waals surface area contributed by atoms with Crippen LogP contribution in [0.25, 0.3) is 0 Å². The van der Waals surface area contributed by atoms with Gasteiger partial charge in [-0.3, -0.25) is 9.59 Å². The van der Waals surface area contributed by atoms with Gasteiger partial charge in [-0.25, -0.2) is 0 Å². The van der Waals surface area contributed by atoms with Crippen molar-refractivity contribution in [1.29, 1.82) is 0 Å². The fourth-order valence-electron chi connectivity index (χ4n) is 2.18. The number of ketones is 1. The van der Waals surface area contributed by atoms with E-state index in [1.54, 1.807) is 0 Å². The van der Waals surface area contributed by atoms with Crippen LogP contribution >= 0.6 is 0 Å². The second-order valence-electron chi connectivity index (χ2n) is 7.98. The maximum atomic E-state index is 12.1. The van der Waals surface area contributed by atoms with Crippen LogP contribution in [-0.2, 0) is 29.9 Å².